The highest BCUT2D eigenvalue weighted by molar-refractivity contribution is 7.14. The van der Waals surface area contributed by atoms with E-state index in [0.717, 1.165) is 27.8 Å². The van der Waals surface area contributed by atoms with E-state index in [1.54, 1.807) is 6.20 Å². The number of nitrogens with zero attached hydrogens (tertiary/aromatic N) is 2. The van der Waals surface area contributed by atoms with Gasteiger partial charge in [0.2, 0.25) is 5.91 Å². The minimum absolute atomic E-state index is 0.0289. The van der Waals surface area contributed by atoms with Crippen LogP contribution in [0.5, 0.6) is 0 Å². The average molecular weight is 324 g/mol. The number of carbonyl (C=O) groups excluding carboxylic acids is 1. The highest BCUT2D eigenvalue weighted by atomic mass is 32.1. The molecule has 0 spiro atoms. The Hall–Kier alpha value is -2.73. The Kier molecular flexibility index (Phi) is 4.63. The molecule has 2 N–H and O–H groups in total. The van der Waals surface area contributed by atoms with Crippen LogP contribution in [0.25, 0.3) is 11.3 Å². The van der Waals surface area contributed by atoms with Crippen LogP contribution in [0.2, 0.25) is 0 Å². The Bertz CT molecular complexity index is 784. The highest BCUT2D eigenvalue weighted by Gasteiger charge is 2.05. The van der Waals surface area contributed by atoms with E-state index < -0.39 is 0 Å². The number of pyridine rings is 1. The molecule has 1 aromatic carbocycles. The third-order valence-corrected chi connectivity index (χ3v) is 3.95. The third kappa shape index (κ3) is 4.14. The number of carbonyl (C=O) groups is 1. The quantitative estimate of drug-likeness (QED) is 0.753. The standard InChI is InChI=1S/C17H16N4OS/c1-12(22)19-10-13-5-7-14(8-6-13)15-11-23-17(20-15)21-16-4-2-3-9-18-16/h2-9,11H,10H2,1H3,(H,19,22)(H,18,20,21). The van der Waals surface area contributed by atoms with Crippen molar-refractivity contribution in [3.05, 3.63) is 59.6 Å². The number of amides is 1. The Morgan fingerprint density at radius 1 is 1.17 bits per heavy atom. The minimum atomic E-state index is -0.0289. The van der Waals surface area contributed by atoms with Crippen molar-refractivity contribution >= 4 is 28.2 Å². The van der Waals surface area contributed by atoms with E-state index in [9.17, 15) is 4.79 Å². The second kappa shape index (κ2) is 7.02. The van der Waals surface area contributed by atoms with Crippen LogP contribution in [0.15, 0.2) is 54.0 Å². The Labute approximate surface area is 138 Å². The Morgan fingerprint density at radius 2 is 2.00 bits per heavy atom. The van der Waals surface area contributed by atoms with Crippen molar-refractivity contribution in [2.75, 3.05) is 5.32 Å². The molecule has 0 unspecified atom stereocenters. The van der Waals surface area contributed by atoms with Crippen LogP contribution < -0.4 is 10.6 Å². The maximum absolute atomic E-state index is 10.9. The van der Waals surface area contributed by atoms with Gasteiger partial charge in [0.1, 0.15) is 5.82 Å². The smallest absolute Gasteiger partial charge is 0.217 e. The summed E-state index contributed by atoms with van der Waals surface area (Å²) in [6.07, 6.45) is 1.74. The van der Waals surface area contributed by atoms with E-state index >= 15 is 0 Å². The first-order chi connectivity index (χ1) is 11.2. The number of hydrogen-bond acceptors (Lipinski definition) is 5. The van der Waals surface area contributed by atoms with Crippen molar-refractivity contribution in [1.29, 1.82) is 0 Å². The number of nitrogens with one attached hydrogen (secondary N) is 2. The first-order valence-corrected chi connectivity index (χ1v) is 8.06. The van der Waals surface area contributed by atoms with E-state index in [1.165, 1.54) is 18.3 Å². The zero-order chi connectivity index (χ0) is 16.1. The second-order valence-electron chi connectivity index (χ2n) is 4.98. The SMILES string of the molecule is CC(=O)NCc1ccc(-c2csc(Nc3ccccn3)n2)cc1. The lowest BCUT2D eigenvalue weighted by Gasteiger charge is -2.03. The van der Waals surface area contributed by atoms with Gasteiger partial charge in [-0.15, -0.1) is 11.3 Å². The van der Waals surface area contributed by atoms with E-state index in [0.29, 0.717) is 6.54 Å². The molecule has 2 heterocycles. The van der Waals surface area contributed by atoms with Crippen LogP contribution in [-0.4, -0.2) is 15.9 Å². The molecule has 0 saturated carbocycles. The predicted molar refractivity (Wildman–Crippen MR) is 92.6 cm³/mol. The molecular weight excluding hydrogens is 308 g/mol. The fourth-order valence-corrected chi connectivity index (χ4v) is 2.76. The summed E-state index contributed by atoms with van der Waals surface area (Å²) < 4.78 is 0. The highest BCUT2D eigenvalue weighted by Crippen LogP contribution is 2.26. The maximum atomic E-state index is 10.9. The molecule has 116 valence electrons. The van der Waals surface area contributed by atoms with Crippen molar-refractivity contribution in [2.24, 2.45) is 0 Å². The van der Waals surface area contributed by atoms with Crippen LogP contribution in [0.4, 0.5) is 10.9 Å². The van der Waals surface area contributed by atoms with Crippen LogP contribution in [0.3, 0.4) is 0 Å². The predicted octanol–water partition coefficient (Wildman–Crippen LogP) is 3.58. The minimum Gasteiger partial charge on any atom is -0.352 e. The number of hydrogen-bond donors (Lipinski definition) is 2. The molecule has 0 bridgehead atoms. The van der Waals surface area contributed by atoms with Crippen molar-refractivity contribution < 1.29 is 4.79 Å². The third-order valence-electron chi connectivity index (χ3n) is 3.20. The van der Waals surface area contributed by atoms with Gasteiger partial charge in [-0.25, -0.2) is 9.97 Å². The van der Waals surface area contributed by atoms with Crippen molar-refractivity contribution in [3.63, 3.8) is 0 Å². The molecule has 6 heteroatoms. The van der Waals surface area contributed by atoms with Gasteiger partial charge >= 0.3 is 0 Å². The summed E-state index contributed by atoms with van der Waals surface area (Å²) in [5.41, 5.74) is 3.02. The van der Waals surface area contributed by atoms with Gasteiger partial charge in [-0.1, -0.05) is 30.3 Å². The first kappa shape index (κ1) is 15.2. The molecule has 3 aromatic rings. The fourth-order valence-electron chi connectivity index (χ4n) is 2.03. The van der Waals surface area contributed by atoms with Gasteiger partial charge < -0.3 is 10.6 Å². The van der Waals surface area contributed by atoms with Crippen LogP contribution >= 0.6 is 11.3 Å². The molecule has 23 heavy (non-hydrogen) atoms. The van der Waals surface area contributed by atoms with Crippen molar-refractivity contribution in [2.45, 2.75) is 13.5 Å². The summed E-state index contributed by atoms with van der Waals surface area (Å²) >= 11 is 1.54. The lowest BCUT2D eigenvalue weighted by atomic mass is 10.1. The zero-order valence-electron chi connectivity index (χ0n) is 12.6. The van der Waals surface area contributed by atoms with Gasteiger partial charge in [0, 0.05) is 30.6 Å². The number of benzene rings is 1. The van der Waals surface area contributed by atoms with E-state index in [-0.39, 0.29) is 5.91 Å². The average Bonchev–Trinajstić information content (AvgIpc) is 3.03. The number of aromatic nitrogens is 2. The van der Waals surface area contributed by atoms with Gasteiger partial charge in [0.05, 0.1) is 5.69 Å². The molecule has 1 amide bonds. The monoisotopic (exact) mass is 324 g/mol. The molecule has 0 atom stereocenters. The van der Waals surface area contributed by atoms with Gasteiger partial charge in [0.25, 0.3) is 0 Å². The summed E-state index contributed by atoms with van der Waals surface area (Å²) in [5, 5.41) is 8.78. The largest absolute Gasteiger partial charge is 0.352 e. The Balaban J connectivity index is 1.69. The van der Waals surface area contributed by atoms with E-state index in [1.807, 2.05) is 47.8 Å². The maximum Gasteiger partial charge on any atom is 0.217 e. The van der Waals surface area contributed by atoms with E-state index in [4.69, 9.17) is 0 Å². The van der Waals surface area contributed by atoms with Gasteiger partial charge in [-0.05, 0) is 17.7 Å². The Morgan fingerprint density at radius 3 is 2.70 bits per heavy atom. The number of rotatable bonds is 5. The molecule has 3 rings (SSSR count). The summed E-state index contributed by atoms with van der Waals surface area (Å²) in [6, 6.07) is 13.7. The van der Waals surface area contributed by atoms with Crippen LogP contribution in [0.1, 0.15) is 12.5 Å². The topological polar surface area (TPSA) is 66.9 Å². The second-order valence-corrected chi connectivity index (χ2v) is 5.84. The zero-order valence-corrected chi connectivity index (χ0v) is 13.4. The lowest BCUT2D eigenvalue weighted by molar-refractivity contribution is -0.119. The molecule has 0 aliphatic rings. The molecule has 0 aliphatic carbocycles. The fraction of sp³-hybridized carbons (Fsp3) is 0.118. The molecule has 5 nitrogen and oxygen atoms in total. The molecule has 0 radical (unpaired) electrons. The summed E-state index contributed by atoms with van der Waals surface area (Å²) in [6.45, 7) is 2.05. The van der Waals surface area contributed by atoms with Crippen LogP contribution in [0, 0.1) is 0 Å². The first-order valence-electron chi connectivity index (χ1n) is 7.18. The number of anilines is 2. The molecule has 0 fully saturated rings. The summed E-state index contributed by atoms with van der Waals surface area (Å²) in [7, 11) is 0. The molecule has 0 aliphatic heterocycles. The van der Waals surface area contributed by atoms with Crippen molar-refractivity contribution in [3.8, 4) is 11.3 Å². The van der Waals surface area contributed by atoms with Gasteiger partial charge in [-0.2, -0.15) is 0 Å². The van der Waals surface area contributed by atoms with Gasteiger partial charge in [-0.3, -0.25) is 4.79 Å². The molecule has 2 aromatic heterocycles. The van der Waals surface area contributed by atoms with Crippen molar-refractivity contribution in [1.82, 2.24) is 15.3 Å². The van der Waals surface area contributed by atoms with Gasteiger partial charge in [0.15, 0.2) is 5.13 Å². The normalized spacial score (nSPS) is 10.3. The molecule has 0 saturated heterocycles. The lowest BCUT2D eigenvalue weighted by Crippen LogP contribution is -2.18. The summed E-state index contributed by atoms with van der Waals surface area (Å²) in [5.74, 6) is 0.748. The molecular formula is C17H16N4OS. The number of thiazole rings is 1. The summed E-state index contributed by atoms with van der Waals surface area (Å²) in [4.78, 5) is 19.7. The van der Waals surface area contributed by atoms with Crippen LogP contribution in [-0.2, 0) is 11.3 Å². The van der Waals surface area contributed by atoms with E-state index in [2.05, 4.69) is 20.6 Å².